The van der Waals surface area contributed by atoms with Gasteiger partial charge in [0.1, 0.15) is 35.0 Å². The average Bonchev–Trinajstić information content (AvgIpc) is 3.42. The third-order valence-corrected chi connectivity index (χ3v) is 6.58. The van der Waals surface area contributed by atoms with E-state index in [1.165, 1.54) is 4.72 Å². The van der Waals surface area contributed by atoms with E-state index in [0.717, 1.165) is 12.1 Å². The van der Waals surface area contributed by atoms with Gasteiger partial charge in [0, 0.05) is 23.9 Å². The number of hydrogen-bond donors (Lipinski definition) is 1. The van der Waals surface area contributed by atoms with E-state index in [0.29, 0.717) is 27.5 Å². The highest BCUT2D eigenvalue weighted by molar-refractivity contribution is 7.89. The number of nitrogens with zero attached hydrogens (tertiary/aromatic N) is 3. The molecular formula is C20H11F7N4O4S. The minimum absolute atomic E-state index is 0.289. The zero-order chi connectivity index (χ0) is 26.2. The van der Waals surface area contributed by atoms with Crippen molar-refractivity contribution in [1.29, 1.82) is 0 Å². The van der Waals surface area contributed by atoms with E-state index in [1.807, 2.05) is 0 Å². The lowest BCUT2D eigenvalue weighted by molar-refractivity contribution is -0.0249. The molecule has 0 amide bonds. The third kappa shape index (κ3) is 3.50. The van der Waals surface area contributed by atoms with Crippen LogP contribution in [-0.2, 0) is 22.5 Å². The van der Waals surface area contributed by atoms with E-state index in [1.54, 1.807) is 0 Å². The molecule has 190 valence electrons. The Bertz CT molecular complexity index is 1690. The lowest BCUT2D eigenvalue weighted by Gasteiger charge is -2.18. The molecule has 0 unspecified atom stereocenters. The first kappa shape index (κ1) is 24.1. The second-order valence-electron chi connectivity index (χ2n) is 7.84. The van der Waals surface area contributed by atoms with Crippen LogP contribution in [0.5, 0.6) is 0 Å². The zero-order valence-corrected chi connectivity index (χ0v) is 18.2. The Morgan fingerprint density at radius 3 is 2.36 bits per heavy atom. The summed E-state index contributed by atoms with van der Waals surface area (Å²) in [6, 6.07) is -1.78. The highest BCUT2D eigenvalue weighted by Crippen LogP contribution is 2.40. The fraction of sp³-hybridized carbons (Fsp3) is 0.200. The van der Waals surface area contributed by atoms with Gasteiger partial charge in [-0.25, -0.2) is 44.5 Å². The van der Waals surface area contributed by atoms with Gasteiger partial charge >= 0.3 is 11.6 Å². The molecule has 0 saturated heterocycles. The Morgan fingerprint density at radius 2 is 1.75 bits per heavy atom. The SMILES string of the molecule is O=c1n(-c2noc3ccc(F)c(-c4c(F)cc(F)cc4F)c23)cc2n1C[C@@H](NS(=O)(=O)CF)C2(F)F. The van der Waals surface area contributed by atoms with Crippen LogP contribution in [0, 0.1) is 23.3 Å². The van der Waals surface area contributed by atoms with E-state index in [9.17, 15) is 43.9 Å². The molecule has 4 aromatic rings. The summed E-state index contributed by atoms with van der Waals surface area (Å²) >= 11 is 0. The fourth-order valence-corrected chi connectivity index (χ4v) is 4.81. The molecule has 2 aromatic carbocycles. The van der Waals surface area contributed by atoms with Gasteiger partial charge in [-0.1, -0.05) is 5.16 Å². The fourth-order valence-electron chi connectivity index (χ4n) is 4.09. The number of benzene rings is 2. The minimum atomic E-state index is -4.70. The molecular weight excluding hydrogens is 525 g/mol. The van der Waals surface area contributed by atoms with E-state index in [-0.39, 0.29) is 5.58 Å². The maximum atomic E-state index is 14.9. The van der Waals surface area contributed by atoms with Gasteiger partial charge in [0.2, 0.25) is 16.0 Å². The molecule has 1 atom stereocenters. The maximum absolute atomic E-state index is 14.9. The van der Waals surface area contributed by atoms with Crippen LogP contribution in [0.1, 0.15) is 5.69 Å². The molecule has 1 aliphatic heterocycles. The predicted octanol–water partition coefficient (Wildman–Crippen LogP) is 3.32. The molecule has 0 aliphatic carbocycles. The van der Waals surface area contributed by atoms with Crippen LogP contribution in [-0.4, -0.2) is 34.8 Å². The largest absolute Gasteiger partial charge is 0.354 e. The van der Waals surface area contributed by atoms with E-state index < -0.39 is 91.5 Å². The van der Waals surface area contributed by atoms with Gasteiger partial charge in [-0.3, -0.25) is 4.57 Å². The quantitative estimate of drug-likeness (QED) is 0.395. The first-order valence-corrected chi connectivity index (χ1v) is 11.5. The number of fused-ring (bicyclic) bond motifs is 2. The van der Waals surface area contributed by atoms with Crippen molar-refractivity contribution >= 4 is 21.0 Å². The van der Waals surface area contributed by atoms with Crippen LogP contribution in [0.25, 0.3) is 27.9 Å². The summed E-state index contributed by atoms with van der Waals surface area (Å²) in [4.78, 5) is 13.0. The average molecular weight is 536 g/mol. The molecule has 0 bridgehead atoms. The number of imidazole rings is 1. The molecule has 3 heterocycles. The highest BCUT2D eigenvalue weighted by atomic mass is 32.2. The van der Waals surface area contributed by atoms with E-state index in [4.69, 9.17) is 4.52 Å². The van der Waals surface area contributed by atoms with Crippen LogP contribution < -0.4 is 10.4 Å². The Morgan fingerprint density at radius 1 is 1.08 bits per heavy atom. The van der Waals surface area contributed by atoms with Gasteiger partial charge < -0.3 is 4.52 Å². The first-order chi connectivity index (χ1) is 16.9. The van der Waals surface area contributed by atoms with Crippen molar-refractivity contribution in [3.8, 4) is 16.9 Å². The summed E-state index contributed by atoms with van der Waals surface area (Å²) in [6.45, 7) is -0.897. The molecule has 8 nitrogen and oxygen atoms in total. The summed E-state index contributed by atoms with van der Waals surface area (Å²) in [5, 5.41) is 3.08. The summed E-state index contributed by atoms with van der Waals surface area (Å²) in [7, 11) is -4.70. The molecule has 0 spiro atoms. The van der Waals surface area contributed by atoms with Crippen molar-refractivity contribution < 1.29 is 43.7 Å². The van der Waals surface area contributed by atoms with Crippen molar-refractivity contribution in [3.05, 3.63) is 69.9 Å². The van der Waals surface area contributed by atoms with E-state index >= 15 is 0 Å². The smallest absolute Gasteiger partial charge is 0.334 e. The van der Waals surface area contributed by atoms with Crippen LogP contribution in [0.3, 0.4) is 0 Å². The lowest BCUT2D eigenvalue weighted by atomic mass is 9.99. The number of nitrogens with one attached hydrogen (secondary N) is 1. The molecule has 1 aliphatic rings. The predicted molar refractivity (Wildman–Crippen MR) is 109 cm³/mol. The van der Waals surface area contributed by atoms with Crippen molar-refractivity contribution in [3.63, 3.8) is 0 Å². The zero-order valence-electron chi connectivity index (χ0n) is 17.4. The van der Waals surface area contributed by atoms with Crippen LogP contribution in [0.15, 0.2) is 39.8 Å². The number of sulfonamides is 1. The number of aromatic nitrogens is 3. The number of alkyl halides is 3. The number of halogens is 7. The first-order valence-electron chi connectivity index (χ1n) is 9.85. The number of hydrogen-bond acceptors (Lipinski definition) is 5. The Hall–Kier alpha value is -3.66. The van der Waals surface area contributed by atoms with E-state index in [2.05, 4.69) is 5.16 Å². The normalized spacial score (nSPS) is 17.1. The minimum Gasteiger partial charge on any atom is -0.354 e. The van der Waals surface area contributed by atoms with Crippen molar-refractivity contribution in [1.82, 2.24) is 19.0 Å². The molecule has 0 saturated carbocycles. The molecule has 16 heteroatoms. The Balaban J connectivity index is 1.71. The molecule has 5 rings (SSSR count). The summed E-state index contributed by atoms with van der Waals surface area (Å²) < 4.78 is 130. The second kappa shape index (κ2) is 7.92. The van der Waals surface area contributed by atoms with Gasteiger partial charge in [-0.05, 0) is 12.1 Å². The molecule has 1 N–H and O–H groups in total. The molecule has 2 aromatic heterocycles. The van der Waals surface area contributed by atoms with Gasteiger partial charge in [0.05, 0.1) is 17.5 Å². The van der Waals surface area contributed by atoms with Crippen molar-refractivity contribution in [2.75, 3.05) is 6.01 Å². The molecule has 0 fully saturated rings. The standard InChI is InChI=1S/C20H11F7N4O4S/c21-7-36(33,34)29-13-5-30-14(20(13,26)27)6-31(19(30)32)18-17-12(35-28-18)2-1-9(23)16(17)15-10(24)3-8(22)4-11(15)25/h1-4,6,13,29H,5,7H2/t13-/m1/s1. The highest BCUT2D eigenvalue weighted by Gasteiger charge is 2.52. The van der Waals surface area contributed by atoms with Crippen LogP contribution >= 0.6 is 0 Å². The topological polar surface area (TPSA) is 99.1 Å². The van der Waals surface area contributed by atoms with Gasteiger partial charge in [-0.2, -0.15) is 8.78 Å². The Labute approximate surface area is 195 Å². The summed E-state index contributed by atoms with van der Waals surface area (Å²) in [5.41, 5.74) is -4.32. The number of rotatable bonds is 5. The monoisotopic (exact) mass is 536 g/mol. The van der Waals surface area contributed by atoms with Gasteiger partial charge in [0.15, 0.2) is 11.4 Å². The van der Waals surface area contributed by atoms with Crippen LogP contribution in [0.4, 0.5) is 30.7 Å². The molecule has 36 heavy (non-hydrogen) atoms. The lowest BCUT2D eigenvalue weighted by Crippen LogP contribution is -2.45. The Kier molecular flexibility index (Phi) is 5.29. The third-order valence-electron chi connectivity index (χ3n) is 5.64. The van der Waals surface area contributed by atoms with Crippen LogP contribution in [0.2, 0.25) is 0 Å². The second-order valence-corrected chi connectivity index (χ2v) is 9.52. The van der Waals surface area contributed by atoms with Crippen molar-refractivity contribution in [2.24, 2.45) is 0 Å². The molecule has 0 radical (unpaired) electrons. The van der Waals surface area contributed by atoms with Gasteiger partial charge in [0.25, 0.3) is 0 Å². The summed E-state index contributed by atoms with van der Waals surface area (Å²) in [5.74, 6) is -10.1. The maximum Gasteiger partial charge on any atom is 0.334 e. The summed E-state index contributed by atoms with van der Waals surface area (Å²) in [6.07, 6.45) is 0.565. The van der Waals surface area contributed by atoms with Gasteiger partial charge in [-0.15, -0.1) is 0 Å². The van der Waals surface area contributed by atoms with Crippen molar-refractivity contribution in [2.45, 2.75) is 18.5 Å².